The monoisotopic (exact) mass is 270 g/mol. The Balaban J connectivity index is 3.76. The minimum absolute atomic E-state index is 0.741. The SMILES string of the molecule is CCCCN(C)CCNC(=NC)NCC(CC)CC. The lowest BCUT2D eigenvalue weighted by Gasteiger charge is -2.19. The summed E-state index contributed by atoms with van der Waals surface area (Å²) in [5.74, 6) is 1.67. The van der Waals surface area contributed by atoms with Gasteiger partial charge in [-0.05, 0) is 25.9 Å². The van der Waals surface area contributed by atoms with Crippen LogP contribution < -0.4 is 10.6 Å². The van der Waals surface area contributed by atoms with E-state index in [-0.39, 0.29) is 0 Å². The number of hydrogen-bond acceptors (Lipinski definition) is 2. The van der Waals surface area contributed by atoms with E-state index in [9.17, 15) is 0 Å². The van der Waals surface area contributed by atoms with Crippen molar-refractivity contribution in [2.45, 2.75) is 46.5 Å². The number of unbranched alkanes of at least 4 members (excludes halogenated alkanes) is 1. The van der Waals surface area contributed by atoms with Crippen molar-refractivity contribution < 1.29 is 0 Å². The second-order valence-electron chi connectivity index (χ2n) is 5.22. The van der Waals surface area contributed by atoms with Crippen molar-refractivity contribution >= 4 is 5.96 Å². The van der Waals surface area contributed by atoms with Crippen LogP contribution in [0.25, 0.3) is 0 Å². The van der Waals surface area contributed by atoms with E-state index in [0.717, 1.165) is 31.5 Å². The molecule has 0 bridgehead atoms. The van der Waals surface area contributed by atoms with Crippen LogP contribution in [-0.2, 0) is 0 Å². The maximum atomic E-state index is 4.26. The maximum absolute atomic E-state index is 4.26. The molecule has 4 nitrogen and oxygen atoms in total. The lowest BCUT2D eigenvalue weighted by Crippen LogP contribution is -2.42. The molecule has 4 heteroatoms. The van der Waals surface area contributed by atoms with Crippen LogP contribution in [0.2, 0.25) is 0 Å². The molecule has 0 aromatic rings. The van der Waals surface area contributed by atoms with Crippen LogP contribution in [0.15, 0.2) is 4.99 Å². The van der Waals surface area contributed by atoms with Crippen molar-refractivity contribution in [3.05, 3.63) is 0 Å². The summed E-state index contributed by atoms with van der Waals surface area (Å²) < 4.78 is 0. The highest BCUT2D eigenvalue weighted by molar-refractivity contribution is 5.79. The Labute approximate surface area is 120 Å². The Hall–Kier alpha value is -0.770. The van der Waals surface area contributed by atoms with Gasteiger partial charge in [0.2, 0.25) is 0 Å². The van der Waals surface area contributed by atoms with Crippen LogP contribution in [-0.4, -0.2) is 51.1 Å². The van der Waals surface area contributed by atoms with E-state index in [2.05, 4.69) is 48.3 Å². The zero-order chi connectivity index (χ0) is 14.5. The van der Waals surface area contributed by atoms with Crippen LogP contribution in [0.3, 0.4) is 0 Å². The van der Waals surface area contributed by atoms with Gasteiger partial charge in [-0.2, -0.15) is 0 Å². The van der Waals surface area contributed by atoms with Gasteiger partial charge in [-0.1, -0.05) is 40.0 Å². The van der Waals surface area contributed by atoms with E-state index in [1.54, 1.807) is 0 Å². The average molecular weight is 270 g/mol. The largest absolute Gasteiger partial charge is 0.356 e. The first-order valence-corrected chi connectivity index (χ1v) is 7.80. The van der Waals surface area contributed by atoms with Crippen LogP contribution in [0, 0.1) is 5.92 Å². The smallest absolute Gasteiger partial charge is 0.191 e. The molecule has 2 N–H and O–H groups in total. The van der Waals surface area contributed by atoms with Crippen molar-refractivity contribution in [2.75, 3.05) is 40.3 Å². The summed E-state index contributed by atoms with van der Waals surface area (Å²) in [6.07, 6.45) is 4.98. The summed E-state index contributed by atoms with van der Waals surface area (Å²) in [4.78, 5) is 6.63. The standard InChI is InChI=1S/C15H34N4/c1-6-9-11-19(5)12-10-17-15(16-4)18-13-14(7-2)8-3/h14H,6-13H2,1-5H3,(H2,16,17,18). The van der Waals surface area contributed by atoms with Gasteiger partial charge in [0.15, 0.2) is 5.96 Å². The number of aliphatic imine (C=N–C) groups is 1. The molecule has 0 aromatic carbocycles. The minimum Gasteiger partial charge on any atom is -0.356 e. The molecule has 0 fully saturated rings. The number of hydrogen-bond donors (Lipinski definition) is 2. The average Bonchev–Trinajstić information content (AvgIpc) is 2.44. The molecular weight excluding hydrogens is 236 g/mol. The Morgan fingerprint density at radius 2 is 1.79 bits per heavy atom. The molecule has 0 amide bonds. The van der Waals surface area contributed by atoms with Crippen molar-refractivity contribution in [1.29, 1.82) is 0 Å². The van der Waals surface area contributed by atoms with Crippen LogP contribution in [0.5, 0.6) is 0 Å². The van der Waals surface area contributed by atoms with Crippen molar-refractivity contribution in [1.82, 2.24) is 15.5 Å². The fraction of sp³-hybridized carbons (Fsp3) is 0.933. The molecule has 19 heavy (non-hydrogen) atoms. The molecule has 0 saturated heterocycles. The van der Waals surface area contributed by atoms with Gasteiger partial charge in [0.1, 0.15) is 0 Å². The highest BCUT2D eigenvalue weighted by atomic mass is 15.2. The van der Waals surface area contributed by atoms with Crippen LogP contribution in [0.4, 0.5) is 0 Å². The van der Waals surface area contributed by atoms with Crippen LogP contribution >= 0.6 is 0 Å². The number of nitrogens with zero attached hydrogens (tertiary/aromatic N) is 2. The van der Waals surface area contributed by atoms with E-state index in [1.807, 2.05) is 7.05 Å². The molecule has 0 rings (SSSR count). The first-order valence-electron chi connectivity index (χ1n) is 7.80. The molecular formula is C15H34N4. The molecule has 0 aromatic heterocycles. The predicted octanol–water partition coefficient (Wildman–Crippen LogP) is 2.32. The van der Waals surface area contributed by atoms with Crippen molar-refractivity contribution in [2.24, 2.45) is 10.9 Å². The molecule has 0 saturated carbocycles. The third-order valence-electron chi connectivity index (χ3n) is 3.62. The Morgan fingerprint density at radius 1 is 1.11 bits per heavy atom. The fourth-order valence-corrected chi connectivity index (χ4v) is 1.94. The van der Waals surface area contributed by atoms with E-state index in [0.29, 0.717) is 0 Å². The lowest BCUT2D eigenvalue weighted by molar-refractivity contribution is 0.332. The Kier molecular flexibility index (Phi) is 11.8. The summed E-state index contributed by atoms with van der Waals surface area (Å²) in [5, 5.41) is 6.79. The first kappa shape index (κ1) is 18.2. The number of likely N-dealkylation sites (N-methyl/N-ethyl adjacent to an activating group) is 1. The summed E-state index contributed by atoms with van der Waals surface area (Å²) >= 11 is 0. The summed E-state index contributed by atoms with van der Waals surface area (Å²) in [5.41, 5.74) is 0. The molecule has 0 spiro atoms. The quantitative estimate of drug-likeness (QED) is 0.473. The van der Waals surface area contributed by atoms with Gasteiger partial charge >= 0.3 is 0 Å². The minimum atomic E-state index is 0.741. The third-order valence-corrected chi connectivity index (χ3v) is 3.62. The van der Waals surface area contributed by atoms with Gasteiger partial charge in [0, 0.05) is 26.7 Å². The van der Waals surface area contributed by atoms with Gasteiger partial charge in [-0.15, -0.1) is 0 Å². The molecule has 0 atom stereocenters. The first-order chi connectivity index (χ1) is 9.17. The zero-order valence-electron chi connectivity index (χ0n) is 13.6. The van der Waals surface area contributed by atoms with E-state index in [4.69, 9.17) is 0 Å². The van der Waals surface area contributed by atoms with Gasteiger partial charge in [-0.25, -0.2) is 0 Å². The summed E-state index contributed by atoms with van der Waals surface area (Å²) in [7, 11) is 4.01. The second kappa shape index (κ2) is 12.3. The highest BCUT2D eigenvalue weighted by Gasteiger charge is 2.05. The van der Waals surface area contributed by atoms with Crippen LogP contribution in [0.1, 0.15) is 46.5 Å². The molecule has 114 valence electrons. The van der Waals surface area contributed by atoms with Gasteiger partial charge in [-0.3, -0.25) is 4.99 Å². The second-order valence-corrected chi connectivity index (χ2v) is 5.22. The highest BCUT2D eigenvalue weighted by Crippen LogP contribution is 2.04. The molecule has 0 aliphatic rings. The van der Waals surface area contributed by atoms with E-state index < -0.39 is 0 Å². The predicted molar refractivity (Wildman–Crippen MR) is 85.8 cm³/mol. The van der Waals surface area contributed by atoms with Gasteiger partial charge < -0.3 is 15.5 Å². The summed E-state index contributed by atoms with van der Waals surface area (Å²) in [6.45, 7) is 10.9. The zero-order valence-corrected chi connectivity index (χ0v) is 13.6. The molecule has 0 unspecified atom stereocenters. The molecule has 0 aliphatic heterocycles. The maximum Gasteiger partial charge on any atom is 0.191 e. The molecule has 0 radical (unpaired) electrons. The summed E-state index contributed by atoms with van der Waals surface area (Å²) in [6, 6.07) is 0. The molecule has 0 heterocycles. The number of rotatable bonds is 10. The van der Waals surface area contributed by atoms with Crippen molar-refractivity contribution in [3.63, 3.8) is 0 Å². The third kappa shape index (κ3) is 9.77. The topological polar surface area (TPSA) is 39.7 Å². The molecule has 0 aliphatic carbocycles. The van der Waals surface area contributed by atoms with E-state index in [1.165, 1.54) is 32.2 Å². The Morgan fingerprint density at radius 3 is 2.32 bits per heavy atom. The normalized spacial score (nSPS) is 12.3. The number of guanidine groups is 1. The number of nitrogens with one attached hydrogen (secondary N) is 2. The van der Waals surface area contributed by atoms with Crippen molar-refractivity contribution in [3.8, 4) is 0 Å². The Bertz CT molecular complexity index is 224. The lowest BCUT2D eigenvalue weighted by atomic mass is 10.0. The van der Waals surface area contributed by atoms with Gasteiger partial charge in [0.05, 0.1) is 0 Å². The fourth-order valence-electron chi connectivity index (χ4n) is 1.94. The van der Waals surface area contributed by atoms with E-state index >= 15 is 0 Å². The van der Waals surface area contributed by atoms with Gasteiger partial charge in [0.25, 0.3) is 0 Å².